The van der Waals surface area contributed by atoms with Gasteiger partial charge in [0.05, 0.1) is 12.7 Å². The predicted octanol–water partition coefficient (Wildman–Crippen LogP) is -2.83. The highest BCUT2D eigenvalue weighted by Gasteiger charge is 2.39. The van der Waals surface area contributed by atoms with E-state index in [1.807, 2.05) is 0 Å². The Balaban J connectivity index is 2.60. The second kappa shape index (κ2) is 4.32. The van der Waals surface area contributed by atoms with Crippen molar-refractivity contribution >= 4 is 0 Å². The van der Waals surface area contributed by atoms with Crippen molar-refractivity contribution in [2.24, 2.45) is 0 Å². The van der Waals surface area contributed by atoms with Crippen molar-refractivity contribution < 1.29 is 30.3 Å². The average Bonchev–Trinajstić information content (AvgIpc) is 2.10. The molecule has 0 radical (unpaired) electrons. The summed E-state index contributed by atoms with van der Waals surface area (Å²) in [5.74, 6) is 0. The fourth-order valence-electron chi connectivity index (χ4n) is 1.30. The average molecular weight is 194 g/mol. The van der Waals surface area contributed by atoms with Gasteiger partial charge in [0, 0.05) is 6.42 Å². The summed E-state index contributed by atoms with van der Waals surface area (Å²) in [5.41, 5.74) is 0. The molecule has 1 saturated heterocycles. The second-order valence-electron chi connectivity index (χ2n) is 3.10. The number of hydrogen-bond acceptors (Lipinski definition) is 6. The zero-order chi connectivity index (χ0) is 10.0. The number of rotatable bonds is 2. The first-order valence-corrected chi connectivity index (χ1v) is 4.05. The summed E-state index contributed by atoms with van der Waals surface area (Å²) >= 11 is 0. The van der Waals surface area contributed by atoms with Crippen molar-refractivity contribution in [2.75, 3.05) is 6.61 Å². The van der Waals surface area contributed by atoms with E-state index in [-0.39, 0.29) is 6.42 Å². The molecule has 0 aromatic heterocycles. The van der Waals surface area contributed by atoms with Gasteiger partial charge >= 0.3 is 0 Å². The molecule has 0 aliphatic carbocycles. The number of aliphatic hydroxyl groups is 5. The van der Waals surface area contributed by atoms with E-state index in [0.29, 0.717) is 0 Å². The van der Waals surface area contributed by atoms with Gasteiger partial charge in [-0.25, -0.2) is 0 Å². The standard InChI is InChI=1S/C7H14O6/c8-2-4(10)7-6(12)3(9)1-5(11)13-7/h3-12H,1-2H2/t3-,4+,5-,6+,7-/m1/s1. The van der Waals surface area contributed by atoms with E-state index in [9.17, 15) is 10.2 Å². The van der Waals surface area contributed by atoms with Gasteiger partial charge in [0.1, 0.15) is 18.3 Å². The van der Waals surface area contributed by atoms with Crippen LogP contribution in [0.2, 0.25) is 0 Å². The van der Waals surface area contributed by atoms with Crippen LogP contribution in [0.15, 0.2) is 0 Å². The molecule has 13 heavy (non-hydrogen) atoms. The lowest BCUT2D eigenvalue weighted by Gasteiger charge is -2.36. The molecule has 1 rings (SSSR count). The molecule has 5 N–H and O–H groups in total. The van der Waals surface area contributed by atoms with E-state index in [1.165, 1.54) is 0 Å². The topological polar surface area (TPSA) is 110 Å². The van der Waals surface area contributed by atoms with Gasteiger partial charge in [-0.15, -0.1) is 0 Å². The molecule has 5 atom stereocenters. The fourth-order valence-corrected chi connectivity index (χ4v) is 1.30. The van der Waals surface area contributed by atoms with Gasteiger partial charge in [0.2, 0.25) is 0 Å². The van der Waals surface area contributed by atoms with Crippen molar-refractivity contribution in [1.82, 2.24) is 0 Å². The second-order valence-corrected chi connectivity index (χ2v) is 3.10. The largest absolute Gasteiger partial charge is 0.394 e. The first-order valence-electron chi connectivity index (χ1n) is 4.05. The summed E-state index contributed by atoms with van der Waals surface area (Å²) < 4.78 is 4.76. The molecule has 6 heteroatoms. The molecule has 0 bridgehead atoms. The zero-order valence-corrected chi connectivity index (χ0v) is 6.95. The quantitative estimate of drug-likeness (QED) is 0.324. The molecule has 0 aromatic carbocycles. The van der Waals surface area contributed by atoms with Crippen LogP contribution in [0.3, 0.4) is 0 Å². The van der Waals surface area contributed by atoms with Crippen LogP contribution in [0.4, 0.5) is 0 Å². The summed E-state index contributed by atoms with van der Waals surface area (Å²) in [6.07, 6.45) is -6.20. The summed E-state index contributed by atoms with van der Waals surface area (Å²) in [6.45, 7) is -0.596. The lowest BCUT2D eigenvalue weighted by atomic mass is 9.98. The van der Waals surface area contributed by atoms with Crippen LogP contribution in [0.1, 0.15) is 6.42 Å². The Morgan fingerprint density at radius 1 is 1.31 bits per heavy atom. The van der Waals surface area contributed by atoms with Gasteiger partial charge in [-0.1, -0.05) is 0 Å². The van der Waals surface area contributed by atoms with E-state index >= 15 is 0 Å². The van der Waals surface area contributed by atoms with Gasteiger partial charge in [-0.2, -0.15) is 0 Å². The SMILES string of the molecule is OC[C@H](O)[C@H]1O[C@@H](O)C[C@@H](O)[C@@H]1O. The number of aliphatic hydroxyl groups excluding tert-OH is 5. The Morgan fingerprint density at radius 2 is 1.92 bits per heavy atom. The Morgan fingerprint density at radius 3 is 2.46 bits per heavy atom. The highest BCUT2D eigenvalue weighted by atomic mass is 16.6. The maximum Gasteiger partial charge on any atom is 0.157 e. The smallest absolute Gasteiger partial charge is 0.157 e. The van der Waals surface area contributed by atoms with E-state index in [1.54, 1.807) is 0 Å². The molecular formula is C7H14O6. The molecule has 1 aliphatic heterocycles. The van der Waals surface area contributed by atoms with Crippen molar-refractivity contribution in [3.05, 3.63) is 0 Å². The van der Waals surface area contributed by atoms with Gasteiger partial charge < -0.3 is 30.3 Å². The number of hydrogen-bond donors (Lipinski definition) is 5. The normalized spacial score (nSPS) is 43.2. The highest BCUT2D eigenvalue weighted by Crippen LogP contribution is 2.21. The minimum Gasteiger partial charge on any atom is -0.394 e. The molecule has 0 amide bonds. The third-order valence-electron chi connectivity index (χ3n) is 2.05. The van der Waals surface area contributed by atoms with Gasteiger partial charge in [0.25, 0.3) is 0 Å². The summed E-state index contributed by atoms with van der Waals surface area (Å²) in [5, 5.41) is 45.2. The van der Waals surface area contributed by atoms with Crippen molar-refractivity contribution in [1.29, 1.82) is 0 Å². The minimum absolute atomic E-state index is 0.101. The Bertz CT molecular complexity index is 163. The maximum absolute atomic E-state index is 9.30. The van der Waals surface area contributed by atoms with Crippen LogP contribution < -0.4 is 0 Å². The Kier molecular flexibility index (Phi) is 3.60. The van der Waals surface area contributed by atoms with Crippen molar-refractivity contribution in [2.45, 2.75) is 37.1 Å². The van der Waals surface area contributed by atoms with Gasteiger partial charge in [0.15, 0.2) is 6.29 Å². The zero-order valence-electron chi connectivity index (χ0n) is 6.95. The maximum atomic E-state index is 9.30. The molecule has 1 heterocycles. The van der Waals surface area contributed by atoms with Crippen LogP contribution in [-0.2, 0) is 4.74 Å². The van der Waals surface area contributed by atoms with Crippen molar-refractivity contribution in [3.63, 3.8) is 0 Å². The van der Waals surface area contributed by atoms with Crippen LogP contribution >= 0.6 is 0 Å². The van der Waals surface area contributed by atoms with Crippen LogP contribution in [0.25, 0.3) is 0 Å². The summed E-state index contributed by atoms with van der Waals surface area (Å²) in [4.78, 5) is 0. The minimum atomic E-state index is -1.31. The lowest BCUT2D eigenvalue weighted by Crippen LogP contribution is -2.54. The molecule has 6 nitrogen and oxygen atoms in total. The summed E-state index contributed by atoms with van der Waals surface area (Å²) in [7, 11) is 0. The molecule has 0 saturated carbocycles. The molecule has 0 unspecified atom stereocenters. The summed E-state index contributed by atoms with van der Waals surface area (Å²) in [6, 6.07) is 0. The van der Waals surface area contributed by atoms with Crippen LogP contribution in [0.5, 0.6) is 0 Å². The van der Waals surface area contributed by atoms with E-state index in [4.69, 9.17) is 20.1 Å². The predicted molar refractivity (Wildman–Crippen MR) is 40.6 cm³/mol. The van der Waals surface area contributed by atoms with E-state index in [0.717, 1.165) is 0 Å². The third-order valence-corrected chi connectivity index (χ3v) is 2.05. The molecule has 78 valence electrons. The molecule has 0 aromatic rings. The van der Waals surface area contributed by atoms with E-state index in [2.05, 4.69) is 0 Å². The Hall–Kier alpha value is -0.240. The van der Waals surface area contributed by atoms with Crippen molar-refractivity contribution in [3.8, 4) is 0 Å². The van der Waals surface area contributed by atoms with Crippen LogP contribution in [-0.4, -0.2) is 62.8 Å². The van der Waals surface area contributed by atoms with Crippen LogP contribution in [0, 0.1) is 0 Å². The first kappa shape index (κ1) is 10.8. The monoisotopic (exact) mass is 194 g/mol. The molecular weight excluding hydrogens is 180 g/mol. The lowest BCUT2D eigenvalue weighted by molar-refractivity contribution is -0.256. The third kappa shape index (κ3) is 2.37. The Labute approximate surface area is 75.0 Å². The van der Waals surface area contributed by atoms with Gasteiger partial charge in [-0.05, 0) is 0 Å². The fraction of sp³-hybridized carbons (Fsp3) is 1.00. The number of ether oxygens (including phenoxy) is 1. The van der Waals surface area contributed by atoms with Gasteiger partial charge in [-0.3, -0.25) is 0 Å². The highest BCUT2D eigenvalue weighted by molar-refractivity contribution is 4.86. The molecule has 1 fully saturated rings. The van der Waals surface area contributed by atoms with E-state index < -0.39 is 37.3 Å². The first-order chi connectivity index (χ1) is 6.06. The molecule has 0 spiro atoms. The molecule has 1 aliphatic rings.